The van der Waals surface area contributed by atoms with Crippen LogP contribution in [0, 0.1) is 0 Å². The van der Waals surface area contributed by atoms with Gasteiger partial charge in [-0.05, 0) is 31.2 Å². The number of piperidine rings is 1. The molecule has 1 atom stereocenters. The number of benzene rings is 1. The van der Waals surface area contributed by atoms with E-state index in [1.54, 1.807) is 0 Å². The number of thioether (sulfide) groups is 1. The number of hydrogen-bond acceptors (Lipinski definition) is 6. The molecule has 0 saturated carbocycles. The van der Waals surface area contributed by atoms with Crippen LogP contribution in [0.2, 0.25) is 0 Å². The van der Waals surface area contributed by atoms with Gasteiger partial charge in [0.15, 0.2) is 5.16 Å². The van der Waals surface area contributed by atoms with Crippen molar-refractivity contribution in [2.75, 3.05) is 43.5 Å². The van der Waals surface area contributed by atoms with Crippen LogP contribution in [-0.4, -0.2) is 70.2 Å². The summed E-state index contributed by atoms with van der Waals surface area (Å²) in [6.45, 7) is 6.77. The van der Waals surface area contributed by atoms with E-state index in [1.807, 2.05) is 18.2 Å². The van der Waals surface area contributed by atoms with Crippen molar-refractivity contribution in [3.05, 3.63) is 35.9 Å². The standard InChI is InChI=1S/C22H31N5O2S/c1-2-19-10-6-7-11-26(19)20(28)17-30-22-24-23-21(25-12-14-29-15-13-25)27(22)16-18-8-4-3-5-9-18/h3-5,8-9,19H,2,6-7,10-17H2,1H3/t19-/m1/s1. The van der Waals surface area contributed by atoms with E-state index in [2.05, 4.69) is 43.6 Å². The number of carbonyl (C=O) groups excluding carboxylic acids is 1. The highest BCUT2D eigenvalue weighted by molar-refractivity contribution is 7.99. The Balaban J connectivity index is 1.50. The van der Waals surface area contributed by atoms with Crippen LogP contribution in [0.3, 0.4) is 0 Å². The van der Waals surface area contributed by atoms with Gasteiger partial charge in [0, 0.05) is 25.7 Å². The lowest BCUT2D eigenvalue weighted by Crippen LogP contribution is -2.44. The first kappa shape index (κ1) is 21.2. The number of morpholine rings is 1. The highest BCUT2D eigenvalue weighted by Gasteiger charge is 2.26. The molecular weight excluding hydrogens is 398 g/mol. The molecule has 8 heteroatoms. The molecule has 1 aromatic heterocycles. The Labute approximate surface area is 182 Å². The fourth-order valence-corrected chi connectivity index (χ4v) is 5.07. The third-order valence-electron chi connectivity index (χ3n) is 5.92. The molecule has 0 unspecified atom stereocenters. The summed E-state index contributed by atoms with van der Waals surface area (Å²) >= 11 is 1.51. The first-order chi connectivity index (χ1) is 14.8. The minimum absolute atomic E-state index is 0.216. The fourth-order valence-electron chi connectivity index (χ4n) is 4.25. The Morgan fingerprint density at radius 2 is 1.93 bits per heavy atom. The lowest BCUT2D eigenvalue weighted by molar-refractivity contribution is -0.132. The maximum atomic E-state index is 12.9. The van der Waals surface area contributed by atoms with E-state index in [0.29, 0.717) is 31.6 Å². The lowest BCUT2D eigenvalue weighted by Gasteiger charge is -2.35. The number of aromatic nitrogens is 3. The molecule has 2 aliphatic rings. The van der Waals surface area contributed by atoms with Crippen molar-refractivity contribution in [3.63, 3.8) is 0 Å². The smallest absolute Gasteiger partial charge is 0.233 e. The summed E-state index contributed by atoms with van der Waals surface area (Å²) in [5, 5.41) is 9.77. The zero-order valence-corrected chi connectivity index (χ0v) is 18.5. The minimum Gasteiger partial charge on any atom is -0.378 e. The first-order valence-electron chi connectivity index (χ1n) is 11.0. The number of amides is 1. The molecule has 0 aliphatic carbocycles. The van der Waals surface area contributed by atoms with Crippen LogP contribution in [0.15, 0.2) is 35.5 Å². The van der Waals surface area contributed by atoms with Crippen LogP contribution < -0.4 is 4.90 Å². The molecule has 4 rings (SSSR count). The van der Waals surface area contributed by atoms with Crippen LogP contribution >= 0.6 is 11.8 Å². The zero-order chi connectivity index (χ0) is 20.8. The van der Waals surface area contributed by atoms with E-state index in [4.69, 9.17) is 4.74 Å². The van der Waals surface area contributed by atoms with Crippen LogP contribution in [0.25, 0.3) is 0 Å². The third-order valence-corrected chi connectivity index (χ3v) is 6.87. The van der Waals surface area contributed by atoms with Gasteiger partial charge in [-0.25, -0.2) is 0 Å². The average Bonchev–Trinajstić information content (AvgIpc) is 3.21. The molecule has 1 aromatic carbocycles. The molecule has 2 saturated heterocycles. The van der Waals surface area contributed by atoms with Crippen LogP contribution in [0.5, 0.6) is 0 Å². The van der Waals surface area contributed by atoms with Gasteiger partial charge in [-0.15, -0.1) is 10.2 Å². The molecule has 0 N–H and O–H groups in total. The number of nitrogens with zero attached hydrogens (tertiary/aromatic N) is 5. The molecule has 2 fully saturated rings. The van der Waals surface area contributed by atoms with Gasteiger partial charge in [0.25, 0.3) is 0 Å². The zero-order valence-electron chi connectivity index (χ0n) is 17.7. The van der Waals surface area contributed by atoms with Crippen molar-refractivity contribution in [1.29, 1.82) is 0 Å². The SMILES string of the molecule is CC[C@@H]1CCCCN1C(=O)CSc1nnc(N2CCOCC2)n1Cc1ccccc1. The Morgan fingerprint density at radius 3 is 2.70 bits per heavy atom. The van der Waals surface area contributed by atoms with Gasteiger partial charge in [-0.2, -0.15) is 0 Å². The van der Waals surface area contributed by atoms with Crippen LogP contribution in [0.4, 0.5) is 5.95 Å². The predicted molar refractivity (Wildman–Crippen MR) is 119 cm³/mol. The number of anilines is 1. The molecule has 0 radical (unpaired) electrons. The van der Waals surface area contributed by atoms with Gasteiger partial charge in [-0.3, -0.25) is 9.36 Å². The fraction of sp³-hybridized carbons (Fsp3) is 0.591. The van der Waals surface area contributed by atoms with Crippen molar-refractivity contribution in [2.45, 2.75) is 50.4 Å². The second-order valence-corrected chi connectivity index (χ2v) is 8.83. The van der Waals surface area contributed by atoms with E-state index >= 15 is 0 Å². The van der Waals surface area contributed by atoms with E-state index in [-0.39, 0.29) is 5.91 Å². The Morgan fingerprint density at radius 1 is 1.13 bits per heavy atom. The third kappa shape index (κ3) is 4.98. The van der Waals surface area contributed by atoms with Gasteiger partial charge in [0.05, 0.1) is 25.5 Å². The van der Waals surface area contributed by atoms with E-state index in [9.17, 15) is 4.79 Å². The second kappa shape index (κ2) is 10.3. The van der Waals surface area contributed by atoms with Gasteiger partial charge >= 0.3 is 0 Å². The Bertz CT molecular complexity index is 822. The van der Waals surface area contributed by atoms with Crippen molar-refractivity contribution in [3.8, 4) is 0 Å². The molecule has 2 aliphatic heterocycles. The maximum absolute atomic E-state index is 12.9. The minimum atomic E-state index is 0.216. The van der Waals surface area contributed by atoms with Crippen molar-refractivity contribution >= 4 is 23.6 Å². The van der Waals surface area contributed by atoms with E-state index < -0.39 is 0 Å². The molecule has 162 valence electrons. The molecule has 3 heterocycles. The molecule has 1 amide bonds. The van der Waals surface area contributed by atoms with Crippen LogP contribution in [0.1, 0.15) is 38.2 Å². The molecule has 30 heavy (non-hydrogen) atoms. The Kier molecular flexibility index (Phi) is 7.28. The van der Waals surface area contributed by atoms with Gasteiger partial charge < -0.3 is 14.5 Å². The monoisotopic (exact) mass is 429 g/mol. The highest BCUT2D eigenvalue weighted by Crippen LogP contribution is 2.26. The molecule has 0 bridgehead atoms. The normalized spacial score (nSPS) is 19.8. The quantitative estimate of drug-likeness (QED) is 0.631. The lowest BCUT2D eigenvalue weighted by atomic mass is 10.0. The van der Waals surface area contributed by atoms with Crippen molar-refractivity contribution < 1.29 is 9.53 Å². The maximum Gasteiger partial charge on any atom is 0.233 e. The van der Waals surface area contributed by atoms with Gasteiger partial charge in [0.1, 0.15) is 0 Å². The number of carbonyl (C=O) groups is 1. The number of ether oxygens (including phenoxy) is 1. The van der Waals surface area contributed by atoms with Gasteiger partial charge in [0.2, 0.25) is 11.9 Å². The number of hydrogen-bond donors (Lipinski definition) is 0. The van der Waals surface area contributed by atoms with E-state index in [0.717, 1.165) is 50.0 Å². The molecule has 7 nitrogen and oxygen atoms in total. The number of rotatable bonds is 7. The summed E-state index contributed by atoms with van der Waals surface area (Å²) in [5.74, 6) is 1.49. The summed E-state index contributed by atoms with van der Waals surface area (Å²) < 4.78 is 7.64. The summed E-state index contributed by atoms with van der Waals surface area (Å²) in [7, 11) is 0. The number of likely N-dealkylation sites (tertiary alicyclic amines) is 1. The summed E-state index contributed by atoms with van der Waals surface area (Å²) in [5.41, 5.74) is 1.20. The first-order valence-corrected chi connectivity index (χ1v) is 12.0. The van der Waals surface area contributed by atoms with Crippen molar-refractivity contribution in [1.82, 2.24) is 19.7 Å². The largest absolute Gasteiger partial charge is 0.378 e. The van der Waals surface area contributed by atoms with Crippen molar-refractivity contribution in [2.24, 2.45) is 0 Å². The van der Waals surface area contributed by atoms with Crippen LogP contribution in [-0.2, 0) is 16.1 Å². The molecule has 0 spiro atoms. The average molecular weight is 430 g/mol. The van der Waals surface area contributed by atoms with Gasteiger partial charge in [-0.1, -0.05) is 49.0 Å². The van der Waals surface area contributed by atoms with E-state index in [1.165, 1.54) is 23.7 Å². The molecule has 2 aromatic rings. The molecular formula is C22H31N5O2S. The second-order valence-electron chi connectivity index (χ2n) is 7.89. The summed E-state index contributed by atoms with van der Waals surface area (Å²) in [4.78, 5) is 17.2. The topological polar surface area (TPSA) is 63.5 Å². The summed E-state index contributed by atoms with van der Waals surface area (Å²) in [6, 6.07) is 10.7. The summed E-state index contributed by atoms with van der Waals surface area (Å²) in [6.07, 6.45) is 4.49. The Hall–Kier alpha value is -2.06. The predicted octanol–water partition coefficient (Wildman–Crippen LogP) is 3.05. The highest BCUT2D eigenvalue weighted by atomic mass is 32.2.